The SMILES string of the molecule is COc1cc2c(cc1OC)C1CC(N)C(c3cccc(CF)c3)CN1CC2. The highest BCUT2D eigenvalue weighted by molar-refractivity contribution is 5.50. The molecule has 0 aliphatic carbocycles. The second kappa shape index (κ2) is 7.49. The van der Waals surface area contributed by atoms with Crippen LogP contribution in [0.3, 0.4) is 0 Å². The summed E-state index contributed by atoms with van der Waals surface area (Å²) in [6.07, 6.45) is 1.87. The van der Waals surface area contributed by atoms with Crippen molar-refractivity contribution in [3.63, 3.8) is 0 Å². The molecule has 0 bridgehead atoms. The maximum atomic E-state index is 13.1. The molecule has 4 nitrogen and oxygen atoms in total. The lowest BCUT2D eigenvalue weighted by atomic mass is 9.78. The van der Waals surface area contributed by atoms with Gasteiger partial charge >= 0.3 is 0 Å². The van der Waals surface area contributed by atoms with E-state index >= 15 is 0 Å². The Labute approximate surface area is 160 Å². The van der Waals surface area contributed by atoms with E-state index in [0.29, 0.717) is 6.04 Å². The van der Waals surface area contributed by atoms with Gasteiger partial charge in [0.15, 0.2) is 11.5 Å². The zero-order chi connectivity index (χ0) is 19.0. The van der Waals surface area contributed by atoms with Gasteiger partial charge in [-0.05, 0) is 47.2 Å². The number of nitrogens with zero attached hydrogens (tertiary/aromatic N) is 1. The average Bonchev–Trinajstić information content (AvgIpc) is 2.72. The van der Waals surface area contributed by atoms with Crippen molar-refractivity contribution in [2.45, 2.75) is 37.5 Å². The Morgan fingerprint density at radius 3 is 2.67 bits per heavy atom. The van der Waals surface area contributed by atoms with Gasteiger partial charge in [-0.1, -0.05) is 24.3 Å². The van der Waals surface area contributed by atoms with E-state index < -0.39 is 6.67 Å². The summed E-state index contributed by atoms with van der Waals surface area (Å²) in [4.78, 5) is 2.52. The van der Waals surface area contributed by atoms with Crippen LogP contribution in [0.5, 0.6) is 11.5 Å². The minimum absolute atomic E-state index is 0.0418. The minimum Gasteiger partial charge on any atom is -0.493 e. The Bertz CT molecular complexity index is 826. The van der Waals surface area contributed by atoms with Crippen molar-refractivity contribution in [1.82, 2.24) is 4.90 Å². The highest BCUT2D eigenvalue weighted by atomic mass is 19.1. The Balaban J connectivity index is 1.63. The number of piperidine rings is 1. The number of alkyl halides is 1. The fourth-order valence-corrected chi connectivity index (χ4v) is 4.64. The monoisotopic (exact) mass is 370 g/mol. The molecule has 2 N–H and O–H groups in total. The largest absolute Gasteiger partial charge is 0.493 e. The van der Waals surface area contributed by atoms with Crippen molar-refractivity contribution in [3.8, 4) is 11.5 Å². The highest BCUT2D eigenvalue weighted by Gasteiger charge is 2.38. The Morgan fingerprint density at radius 2 is 1.93 bits per heavy atom. The van der Waals surface area contributed by atoms with E-state index in [0.717, 1.165) is 48.6 Å². The molecule has 0 radical (unpaired) electrons. The quantitative estimate of drug-likeness (QED) is 0.894. The predicted octanol–water partition coefficient (Wildman–Crippen LogP) is 3.59. The number of fused-ring (bicyclic) bond motifs is 3. The molecule has 5 heteroatoms. The predicted molar refractivity (Wildman–Crippen MR) is 104 cm³/mol. The van der Waals surface area contributed by atoms with Crippen LogP contribution in [-0.4, -0.2) is 38.3 Å². The first-order chi connectivity index (χ1) is 13.1. The summed E-state index contributed by atoms with van der Waals surface area (Å²) in [5.41, 5.74) is 11.1. The van der Waals surface area contributed by atoms with Crippen LogP contribution in [0.4, 0.5) is 4.39 Å². The standard InChI is InChI=1S/C22H27FN2O2/c1-26-21-9-16-6-7-25-13-18(15-5-3-4-14(8-15)12-23)19(24)11-20(25)17(16)10-22(21)27-2/h3-5,8-10,18-20H,6-7,11-13,24H2,1-2H3. The molecule has 2 aromatic rings. The van der Waals surface area contributed by atoms with Crippen LogP contribution < -0.4 is 15.2 Å². The molecule has 0 amide bonds. The molecule has 2 aromatic carbocycles. The van der Waals surface area contributed by atoms with Crippen molar-refractivity contribution in [3.05, 3.63) is 58.7 Å². The van der Waals surface area contributed by atoms with E-state index in [1.54, 1.807) is 14.2 Å². The molecule has 3 atom stereocenters. The molecule has 4 rings (SSSR count). The Hall–Kier alpha value is -2.11. The number of hydrogen-bond acceptors (Lipinski definition) is 4. The number of halogens is 1. The maximum Gasteiger partial charge on any atom is 0.161 e. The number of methoxy groups -OCH3 is 2. The van der Waals surface area contributed by atoms with E-state index in [1.165, 1.54) is 11.1 Å². The van der Waals surface area contributed by atoms with Gasteiger partial charge in [-0.2, -0.15) is 0 Å². The van der Waals surface area contributed by atoms with Crippen LogP contribution in [0.25, 0.3) is 0 Å². The van der Waals surface area contributed by atoms with Gasteiger partial charge in [0, 0.05) is 31.1 Å². The molecule has 0 saturated carbocycles. The first-order valence-electron chi connectivity index (χ1n) is 9.53. The number of benzene rings is 2. The lowest BCUT2D eigenvalue weighted by Gasteiger charge is -2.46. The van der Waals surface area contributed by atoms with Crippen LogP contribution in [-0.2, 0) is 13.1 Å². The molecule has 1 saturated heterocycles. The third-order valence-corrected chi connectivity index (χ3v) is 6.09. The fraction of sp³-hybridized carbons (Fsp3) is 0.455. The summed E-state index contributed by atoms with van der Waals surface area (Å²) in [6, 6.07) is 12.4. The molecule has 0 aromatic heterocycles. The Kier molecular flexibility index (Phi) is 5.06. The van der Waals surface area contributed by atoms with Crippen LogP contribution in [0.15, 0.2) is 36.4 Å². The fourth-order valence-electron chi connectivity index (χ4n) is 4.64. The summed E-state index contributed by atoms with van der Waals surface area (Å²) < 4.78 is 24.1. The van der Waals surface area contributed by atoms with E-state index in [1.807, 2.05) is 18.2 Å². The maximum absolute atomic E-state index is 13.1. The Morgan fingerprint density at radius 1 is 1.15 bits per heavy atom. The van der Waals surface area contributed by atoms with E-state index in [-0.39, 0.29) is 12.0 Å². The number of hydrogen-bond donors (Lipinski definition) is 1. The highest BCUT2D eigenvalue weighted by Crippen LogP contribution is 2.44. The molecule has 3 unspecified atom stereocenters. The first-order valence-corrected chi connectivity index (χ1v) is 9.53. The lowest BCUT2D eigenvalue weighted by Crippen LogP contribution is -2.49. The van der Waals surface area contributed by atoms with E-state index in [2.05, 4.69) is 23.1 Å². The zero-order valence-electron chi connectivity index (χ0n) is 16.0. The second-order valence-electron chi connectivity index (χ2n) is 7.55. The van der Waals surface area contributed by atoms with Crippen molar-refractivity contribution in [1.29, 1.82) is 0 Å². The smallest absolute Gasteiger partial charge is 0.161 e. The van der Waals surface area contributed by atoms with Crippen molar-refractivity contribution < 1.29 is 13.9 Å². The zero-order valence-corrected chi connectivity index (χ0v) is 16.0. The molecule has 27 heavy (non-hydrogen) atoms. The average molecular weight is 370 g/mol. The summed E-state index contributed by atoms with van der Waals surface area (Å²) in [7, 11) is 3.34. The van der Waals surface area contributed by atoms with Gasteiger partial charge in [-0.25, -0.2) is 4.39 Å². The van der Waals surface area contributed by atoms with Gasteiger partial charge in [0.2, 0.25) is 0 Å². The minimum atomic E-state index is -0.433. The molecule has 2 heterocycles. The lowest BCUT2D eigenvalue weighted by molar-refractivity contribution is 0.109. The van der Waals surface area contributed by atoms with E-state index in [9.17, 15) is 4.39 Å². The van der Waals surface area contributed by atoms with Gasteiger partial charge < -0.3 is 15.2 Å². The molecule has 0 spiro atoms. The normalized spacial score (nSPS) is 24.8. The topological polar surface area (TPSA) is 47.7 Å². The van der Waals surface area contributed by atoms with Gasteiger partial charge in [0.05, 0.1) is 14.2 Å². The van der Waals surface area contributed by atoms with Gasteiger partial charge in [-0.3, -0.25) is 4.90 Å². The molecule has 2 aliphatic rings. The number of rotatable bonds is 4. The van der Waals surface area contributed by atoms with Gasteiger partial charge in [0.1, 0.15) is 6.67 Å². The van der Waals surface area contributed by atoms with Gasteiger partial charge in [0.25, 0.3) is 0 Å². The summed E-state index contributed by atoms with van der Waals surface area (Å²) in [5, 5.41) is 0. The third-order valence-electron chi connectivity index (χ3n) is 6.09. The molecule has 144 valence electrons. The van der Waals surface area contributed by atoms with Crippen molar-refractivity contribution in [2.75, 3.05) is 27.3 Å². The molecular formula is C22H27FN2O2. The molecule has 2 aliphatic heterocycles. The van der Waals surface area contributed by atoms with Crippen molar-refractivity contribution in [2.24, 2.45) is 5.73 Å². The molecule has 1 fully saturated rings. The van der Waals surface area contributed by atoms with Crippen LogP contribution in [0.2, 0.25) is 0 Å². The first kappa shape index (κ1) is 18.3. The summed E-state index contributed by atoms with van der Waals surface area (Å²) in [6.45, 7) is 1.46. The van der Waals surface area contributed by atoms with Gasteiger partial charge in [-0.15, -0.1) is 0 Å². The van der Waals surface area contributed by atoms with Crippen LogP contribution >= 0.6 is 0 Å². The van der Waals surface area contributed by atoms with Crippen LogP contribution in [0, 0.1) is 0 Å². The van der Waals surface area contributed by atoms with Crippen LogP contribution in [0.1, 0.15) is 40.6 Å². The summed E-state index contributed by atoms with van der Waals surface area (Å²) in [5.74, 6) is 1.78. The number of ether oxygens (including phenoxy) is 2. The summed E-state index contributed by atoms with van der Waals surface area (Å²) >= 11 is 0. The second-order valence-corrected chi connectivity index (χ2v) is 7.55. The molecular weight excluding hydrogens is 343 g/mol. The number of nitrogens with two attached hydrogens (primary N) is 1. The van der Waals surface area contributed by atoms with E-state index in [4.69, 9.17) is 15.2 Å². The third kappa shape index (κ3) is 3.30. The van der Waals surface area contributed by atoms with Crippen molar-refractivity contribution >= 4 is 0 Å².